The third-order valence-corrected chi connectivity index (χ3v) is 3.79. The number of benzene rings is 1. The fourth-order valence-electron chi connectivity index (χ4n) is 2.63. The number of hydrogen-bond donors (Lipinski definition) is 2. The van der Waals surface area contributed by atoms with Crippen LogP contribution in [0.15, 0.2) is 24.3 Å². The molecule has 0 bridgehead atoms. The van der Waals surface area contributed by atoms with E-state index in [9.17, 15) is 0 Å². The number of hydrogen-bond acceptors (Lipinski definition) is 2. The summed E-state index contributed by atoms with van der Waals surface area (Å²) < 4.78 is 0. The Labute approximate surface area is 105 Å². The highest BCUT2D eigenvalue weighted by atomic mass is 14.8. The first-order valence-electron chi connectivity index (χ1n) is 6.87. The van der Waals surface area contributed by atoms with Crippen LogP contribution in [0.1, 0.15) is 43.2 Å². The van der Waals surface area contributed by atoms with Gasteiger partial charge in [0, 0.05) is 13.1 Å². The Balaban J connectivity index is 1.63. The Morgan fingerprint density at radius 2 is 1.71 bits per heavy atom. The summed E-state index contributed by atoms with van der Waals surface area (Å²) in [6.45, 7) is 2.77. The summed E-state index contributed by atoms with van der Waals surface area (Å²) in [5.74, 6) is 0.988. The largest absolute Gasteiger partial charge is 0.326 e. The molecular formula is C15H24N2. The maximum Gasteiger partial charge on any atom is 0.0205 e. The molecule has 2 nitrogen and oxygen atoms in total. The molecule has 3 N–H and O–H groups in total. The average molecular weight is 232 g/mol. The van der Waals surface area contributed by atoms with Crippen molar-refractivity contribution in [2.24, 2.45) is 11.7 Å². The standard InChI is InChI=1S/C15H24N2/c16-11-14-5-7-15(8-6-14)12-17-10-9-13-3-1-2-4-13/h5-8,13,17H,1-4,9-12,16H2. The van der Waals surface area contributed by atoms with Crippen LogP contribution in [0.2, 0.25) is 0 Å². The number of rotatable bonds is 6. The van der Waals surface area contributed by atoms with Crippen molar-refractivity contribution in [1.82, 2.24) is 5.32 Å². The molecule has 0 aromatic heterocycles. The summed E-state index contributed by atoms with van der Waals surface area (Å²) in [5, 5.41) is 3.53. The number of nitrogens with two attached hydrogens (primary N) is 1. The van der Waals surface area contributed by atoms with E-state index in [-0.39, 0.29) is 0 Å². The van der Waals surface area contributed by atoms with E-state index in [0.29, 0.717) is 6.54 Å². The fourth-order valence-corrected chi connectivity index (χ4v) is 2.63. The molecule has 94 valence electrons. The summed E-state index contributed by atoms with van der Waals surface area (Å²) in [4.78, 5) is 0. The smallest absolute Gasteiger partial charge is 0.0205 e. The molecule has 1 aromatic carbocycles. The van der Waals surface area contributed by atoms with Crippen molar-refractivity contribution < 1.29 is 0 Å². The Morgan fingerprint density at radius 3 is 2.35 bits per heavy atom. The average Bonchev–Trinajstić information content (AvgIpc) is 2.88. The lowest BCUT2D eigenvalue weighted by molar-refractivity contribution is 0.477. The summed E-state index contributed by atoms with van der Waals surface area (Å²) >= 11 is 0. The van der Waals surface area contributed by atoms with Gasteiger partial charge in [-0.05, 0) is 30.0 Å². The van der Waals surface area contributed by atoms with Crippen LogP contribution in [0.3, 0.4) is 0 Å². The molecule has 0 heterocycles. The van der Waals surface area contributed by atoms with Crippen molar-refractivity contribution in [3.05, 3.63) is 35.4 Å². The highest BCUT2D eigenvalue weighted by Crippen LogP contribution is 2.26. The first kappa shape index (κ1) is 12.6. The second-order valence-corrected chi connectivity index (χ2v) is 5.14. The summed E-state index contributed by atoms with van der Waals surface area (Å²) in [6, 6.07) is 8.58. The van der Waals surface area contributed by atoms with Crippen LogP contribution < -0.4 is 11.1 Å². The zero-order chi connectivity index (χ0) is 11.9. The first-order chi connectivity index (χ1) is 8.38. The van der Waals surface area contributed by atoms with Gasteiger partial charge < -0.3 is 11.1 Å². The van der Waals surface area contributed by atoms with E-state index < -0.39 is 0 Å². The zero-order valence-corrected chi connectivity index (χ0v) is 10.6. The van der Waals surface area contributed by atoms with Gasteiger partial charge in [-0.1, -0.05) is 49.9 Å². The third-order valence-electron chi connectivity index (χ3n) is 3.79. The Bertz CT molecular complexity index is 312. The molecule has 0 radical (unpaired) electrons. The quantitative estimate of drug-likeness (QED) is 0.740. The molecule has 1 saturated carbocycles. The highest BCUT2D eigenvalue weighted by molar-refractivity contribution is 5.22. The van der Waals surface area contributed by atoms with Crippen molar-refractivity contribution in [1.29, 1.82) is 0 Å². The van der Waals surface area contributed by atoms with Gasteiger partial charge in [-0.2, -0.15) is 0 Å². The minimum Gasteiger partial charge on any atom is -0.326 e. The van der Waals surface area contributed by atoms with E-state index in [1.54, 1.807) is 0 Å². The van der Waals surface area contributed by atoms with Crippen LogP contribution in [0.4, 0.5) is 0 Å². The molecule has 0 unspecified atom stereocenters. The van der Waals surface area contributed by atoms with Gasteiger partial charge in [0.1, 0.15) is 0 Å². The van der Waals surface area contributed by atoms with Gasteiger partial charge in [0.2, 0.25) is 0 Å². The highest BCUT2D eigenvalue weighted by Gasteiger charge is 2.13. The fraction of sp³-hybridized carbons (Fsp3) is 0.600. The normalized spacial score (nSPS) is 16.5. The molecule has 0 spiro atoms. The van der Waals surface area contributed by atoms with Gasteiger partial charge in [-0.3, -0.25) is 0 Å². The van der Waals surface area contributed by atoms with Crippen LogP contribution in [0.5, 0.6) is 0 Å². The predicted octanol–water partition coefficient (Wildman–Crippen LogP) is 2.82. The minimum absolute atomic E-state index is 0.634. The lowest BCUT2D eigenvalue weighted by Crippen LogP contribution is -2.17. The Hall–Kier alpha value is -0.860. The summed E-state index contributed by atoms with van der Waals surface area (Å²) in [6.07, 6.45) is 7.15. The van der Waals surface area contributed by atoms with Gasteiger partial charge >= 0.3 is 0 Å². The lowest BCUT2D eigenvalue weighted by Gasteiger charge is -2.10. The van der Waals surface area contributed by atoms with E-state index in [1.165, 1.54) is 43.2 Å². The van der Waals surface area contributed by atoms with Crippen LogP contribution in [0.25, 0.3) is 0 Å². The third kappa shape index (κ3) is 4.14. The van der Waals surface area contributed by atoms with Crippen molar-refractivity contribution in [2.75, 3.05) is 6.54 Å². The van der Waals surface area contributed by atoms with Gasteiger partial charge in [-0.15, -0.1) is 0 Å². The Morgan fingerprint density at radius 1 is 1.06 bits per heavy atom. The molecule has 1 aromatic rings. The van der Waals surface area contributed by atoms with Crippen molar-refractivity contribution >= 4 is 0 Å². The SMILES string of the molecule is NCc1ccc(CNCCC2CCCC2)cc1. The molecule has 0 atom stereocenters. The second-order valence-electron chi connectivity index (χ2n) is 5.14. The maximum absolute atomic E-state index is 5.58. The van der Waals surface area contributed by atoms with E-state index in [0.717, 1.165) is 19.0 Å². The zero-order valence-electron chi connectivity index (χ0n) is 10.6. The predicted molar refractivity (Wildman–Crippen MR) is 72.6 cm³/mol. The summed E-state index contributed by atoms with van der Waals surface area (Å²) in [5.41, 5.74) is 8.14. The monoisotopic (exact) mass is 232 g/mol. The lowest BCUT2D eigenvalue weighted by atomic mass is 10.0. The van der Waals surface area contributed by atoms with Crippen LogP contribution in [0, 0.1) is 5.92 Å². The molecule has 17 heavy (non-hydrogen) atoms. The van der Waals surface area contributed by atoms with E-state index >= 15 is 0 Å². The molecule has 1 aliphatic rings. The minimum atomic E-state index is 0.634. The van der Waals surface area contributed by atoms with E-state index in [2.05, 4.69) is 29.6 Å². The molecule has 0 saturated heterocycles. The van der Waals surface area contributed by atoms with Crippen molar-refractivity contribution in [2.45, 2.75) is 45.2 Å². The molecular weight excluding hydrogens is 208 g/mol. The molecule has 0 amide bonds. The maximum atomic E-state index is 5.58. The second kappa shape index (κ2) is 6.77. The van der Waals surface area contributed by atoms with Crippen LogP contribution in [-0.2, 0) is 13.1 Å². The molecule has 1 aliphatic carbocycles. The van der Waals surface area contributed by atoms with E-state index in [1.807, 2.05) is 0 Å². The molecule has 0 aliphatic heterocycles. The first-order valence-corrected chi connectivity index (χ1v) is 6.87. The van der Waals surface area contributed by atoms with Crippen LogP contribution >= 0.6 is 0 Å². The molecule has 2 rings (SSSR count). The van der Waals surface area contributed by atoms with Gasteiger partial charge in [0.25, 0.3) is 0 Å². The molecule has 1 fully saturated rings. The molecule has 2 heteroatoms. The van der Waals surface area contributed by atoms with Gasteiger partial charge in [-0.25, -0.2) is 0 Å². The van der Waals surface area contributed by atoms with E-state index in [4.69, 9.17) is 5.73 Å². The van der Waals surface area contributed by atoms with Crippen LogP contribution in [-0.4, -0.2) is 6.54 Å². The van der Waals surface area contributed by atoms with Gasteiger partial charge in [0.15, 0.2) is 0 Å². The summed E-state index contributed by atoms with van der Waals surface area (Å²) in [7, 11) is 0. The topological polar surface area (TPSA) is 38.0 Å². The number of nitrogens with one attached hydrogen (secondary N) is 1. The Kier molecular flexibility index (Phi) is 5.02. The van der Waals surface area contributed by atoms with Crippen molar-refractivity contribution in [3.8, 4) is 0 Å². The van der Waals surface area contributed by atoms with Gasteiger partial charge in [0.05, 0.1) is 0 Å². The van der Waals surface area contributed by atoms with Crippen molar-refractivity contribution in [3.63, 3.8) is 0 Å².